The van der Waals surface area contributed by atoms with Crippen molar-refractivity contribution in [3.05, 3.63) is 47.3 Å². The average molecular weight is 590 g/mol. The van der Waals surface area contributed by atoms with E-state index in [2.05, 4.69) is 15.7 Å². The molecule has 3 amide bonds. The van der Waals surface area contributed by atoms with Crippen LogP contribution in [-0.4, -0.2) is 63.4 Å². The zero-order valence-corrected chi connectivity index (χ0v) is 23.6. The molecule has 1 aromatic carbocycles. The molecule has 3 aliphatic carbocycles. The Hall–Kier alpha value is -3.44. The van der Waals surface area contributed by atoms with Crippen molar-refractivity contribution in [1.29, 1.82) is 0 Å². The quantitative estimate of drug-likeness (QED) is 0.412. The summed E-state index contributed by atoms with van der Waals surface area (Å²) < 4.78 is 56.5. The molecule has 1 unspecified atom stereocenters. The summed E-state index contributed by atoms with van der Waals surface area (Å²) >= 11 is 0. The molecule has 2 atom stereocenters. The van der Waals surface area contributed by atoms with Crippen molar-refractivity contribution in [3.8, 4) is 0 Å². The number of rotatable bonds is 9. The molecule has 1 aromatic heterocycles. The van der Waals surface area contributed by atoms with Crippen LogP contribution < -0.4 is 10.6 Å². The number of halogens is 4. The van der Waals surface area contributed by atoms with E-state index < -0.39 is 42.8 Å². The highest BCUT2D eigenvalue weighted by Crippen LogP contribution is 2.51. The maximum atomic E-state index is 13.8. The van der Waals surface area contributed by atoms with Crippen molar-refractivity contribution in [2.24, 2.45) is 17.8 Å². The normalized spacial score (nSPS) is 23.2. The fourth-order valence-corrected chi connectivity index (χ4v) is 6.66. The van der Waals surface area contributed by atoms with Crippen LogP contribution in [0, 0.1) is 17.8 Å². The Morgan fingerprint density at radius 2 is 1.60 bits per heavy atom. The first kappa shape index (κ1) is 28.7. The van der Waals surface area contributed by atoms with E-state index in [0.717, 1.165) is 31.2 Å². The van der Waals surface area contributed by atoms with Crippen molar-refractivity contribution in [2.75, 3.05) is 18.4 Å². The topological polar surface area (TPSA) is 96.3 Å². The van der Waals surface area contributed by atoms with Crippen molar-refractivity contribution >= 4 is 23.4 Å². The molecular weight excluding hydrogens is 554 g/mol. The van der Waals surface area contributed by atoms with Crippen molar-refractivity contribution in [3.63, 3.8) is 0 Å². The minimum Gasteiger partial charge on any atom is -0.339 e. The summed E-state index contributed by atoms with van der Waals surface area (Å²) in [5, 5.41) is 10.2. The van der Waals surface area contributed by atoms with Gasteiger partial charge in [-0.05, 0) is 99.5 Å². The fraction of sp³-hybridized carbons (Fsp3) is 0.600. The first-order valence-electron chi connectivity index (χ1n) is 14.7. The molecule has 0 bridgehead atoms. The van der Waals surface area contributed by atoms with Crippen LogP contribution in [0.2, 0.25) is 0 Å². The Morgan fingerprint density at radius 1 is 0.952 bits per heavy atom. The fourth-order valence-electron chi connectivity index (χ4n) is 6.66. The van der Waals surface area contributed by atoms with Gasteiger partial charge in [0.2, 0.25) is 11.8 Å². The monoisotopic (exact) mass is 589 g/mol. The van der Waals surface area contributed by atoms with Gasteiger partial charge in [0, 0.05) is 17.9 Å². The number of hydrogen-bond acceptors (Lipinski definition) is 4. The van der Waals surface area contributed by atoms with Gasteiger partial charge in [-0.2, -0.15) is 22.7 Å². The minimum absolute atomic E-state index is 0.0255. The summed E-state index contributed by atoms with van der Waals surface area (Å²) in [5.41, 5.74) is 2.22. The Kier molecular flexibility index (Phi) is 7.08. The van der Waals surface area contributed by atoms with E-state index in [0.29, 0.717) is 46.5 Å². The molecule has 2 aromatic rings. The number of nitrogens with zero attached hydrogens (tertiary/aromatic N) is 3. The van der Waals surface area contributed by atoms with Gasteiger partial charge in [-0.25, -0.2) is 0 Å². The standard InChI is InChI=1S/C30H35F4N5O3/c1-16(2)39-23(11-12-35-39)26(40)37-25(24(17-3-4-17)18-5-6-18)27(41)36-20-8-10-21-19(13-20)7-9-22(21)28(42)38-14-29(31,32)30(33,34)15-38/h8,10-13,16-18,22,24-25H,3-7,9,14-15H2,1-2H3,(H,36,41)(H,37,40)/t22?,25-/m0/s1. The Bertz CT molecular complexity index is 1370. The van der Waals surface area contributed by atoms with E-state index in [4.69, 9.17) is 0 Å². The predicted molar refractivity (Wildman–Crippen MR) is 145 cm³/mol. The second kappa shape index (κ2) is 10.4. The second-order valence-corrected chi connectivity index (χ2v) is 12.6. The number of alkyl halides is 4. The van der Waals surface area contributed by atoms with Gasteiger partial charge in [-0.3, -0.25) is 19.1 Å². The van der Waals surface area contributed by atoms with Gasteiger partial charge in [0.15, 0.2) is 0 Å². The molecule has 1 saturated heterocycles. The summed E-state index contributed by atoms with van der Waals surface area (Å²) in [7, 11) is 0. The van der Waals surface area contributed by atoms with Crippen LogP contribution in [0.3, 0.4) is 0 Å². The molecular formula is C30H35F4N5O3. The minimum atomic E-state index is -4.25. The summed E-state index contributed by atoms with van der Waals surface area (Å²) in [4.78, 5) is 40.6. The van der Waals surface area contributed by atoms with Crippen LogP contribution in [-0.2, 0) is 16.0 Å². The Morgan fingerprint density at radius 3 is 2.19 bits per heavy atom. The number of anilines is 1. The highest BCUT2D eigenvalue weighted by Gasteiger charge is 2.64. The summed E-state index contributed by atoms with van der Waals surface area (Å²) in [5.74, 6) is -9.94. The first-order valence-corrected chi connectivity index (χ1v) is 14.7. The maximum absolute atomic E-state index is 13.8. The molecule has 2 saturated carbocycles. The number of aryl methyl sites for hydroxylation is 1. The lowest BCUT2D eigenvalue weighted by atomic mass is 9.88. The average Bonchev–Trinajstić information content (AvgIpc) is 3.83. The van der Waals surface area contributed by atoms with Crippen LogP contribution in [0.5, 0.6) is 0 Å². The van der Waals surface area contributed by atoms with E-state index in [1.807, 2.05) is 13.8 Å². The maximum Gasteiger partial charge on any atom is 0.329 e. The smallest absolute Gasteiger partial charge is 0.329 e. The first-order chi connectivity index (χ1) is 19.9. The summed E-state index contributed by atoms with van der Waals surface area (Å²) in [6, 6.07) is 5.89. The van der Waals surface area contributed by atoms with Crippen LogP contribution >= 0.6 is 0 Å². The lowest BCUT2D eigenvalue weighted by Crippen LogP contribution is -2.50. The Labute approximate surface area is 241 Å². The van der Waals surface area contributed by atoms with Crippen molar-refractivity contribution in [1.82, 2.24) is 20.0 Å². The molecule has 0 radical (unpaired) electrons. The third-order valence-electron chi connectivity index (χ3n) is 9.09. The molecule has 12 heteroatoms. The van der Waals surface area contributed by atoms with Crippen LogP contribution in [0.15, 0.2) is 30.5 Å². The van der Waals surface area contributed by atoms with Crippen molar-refractivity contribution < 1.29 is 31.9 Å². The molecule has 226 valence electrons. The number of carbonyl (C=O) groups excluding carboxylic acids is 3. The van der Waals surface area contributed by atoms with Gasteiger partial charge in [-0.15, -0.1) is 0 Å². The number of hydrogen-bond donors (Lipinski definition) is 2. The number of amides is 3. The second-order valence-electron chi connectivity index (χ2n) is 12.6. The predicted octanol–water partition coefficient (Wildman–Crippen LogP) is 4.78. The van der Waals surface area contributed by atoms with Gasteiger partial charge in [-0.1, -0.05) is 6.07 Å². The highest BCUT2D eigenvalue weighted by atomic mass is 19.3. The highest BCUT2D eigenvalue weighted by molar-refractivity contribution is 6.01. The number of fused-ring (bicyclic) bond motifs is 1. The van der Waals surface area contributed by atoms with Gasteiger partial charge in [0.05, 0.1) is 19.0 Å². The SMILES string of the molecule is CC(C)n1nccc1C(=O)N[C@H](C(=O)Nc1ccc2c(c1)CCC2C(=O)N1CC(F)(F)C(F)(F)C1)C(C1CC1)C1CC1. The van der Waals surface area contributed by atoms with E-state index in [-0.39, 0.29) is 23.8 Å². The Balaban J connectivity index is 1.18. The van der Waals surface area contributed by atoms with Crippen LogP contribution in [0.1, 0.15) is 79.5 Å². The summed E-state index contributed by atoms with van der Waals surface area (Å²) in [6.45, 7) is 1.25. The molecule has 4 aliphatic rings. The van der Waals surface area contributed by atoms with Gasteiger partial charge < -0.3 is 15.5 Å². The van der Waals surface area contributed by atoms with E-state index in [1.54, 1.807) is 35.1 Å². The molecule has 2 N–H and O–H groups in total. The number of aromatic nitrogens is 2. The number of nitrogens with one attached hydrogen (secondary N) is 2. The van der Waals surface area contributed by atoms with E-state index in [1.165, 1.54) is 0 Å². The van der Waals surface area contributed by atoms with Crippen LogP contribution in [0.25, 0.3) is 0 Å². The number of carbonyl (C=O) groups is 3. The van der Waals surface area contributed by atoms with Gasteiger partial charge in [0.25, 0.3) is 5.91 Å². The van der Waals surface area contributed by atoms with Crippen LogP contribution in [0.4, 0.5) is 23.2 Å². The molecule has 6 rings (SSSR count). The molecule has 2 heterocycles. The van der Waals surface area contributed by atoms with E-state index >= 15 is 0 Å². The molecule has 0 spiro atoms. The third-order valence-corrected chi connectivity index (χ3v) is 9.09. The number of likely N-dealkylation sites (tertiary alicyclic amines) is 1. The van der Waals surface area contributed by atoms with E-state index in [9.17, 15) is 31.9 Å². The molecule has 1 aliphatic heterocycles. The largest absolute Gasteiger partial charge is 0.339 e. The zero-order chi connectivity index (χ0) is 30.0. The third kappa shape index (κ3) is 5.28. The summed E-state index contributed by atoms with van der Waals surface area (Å²) in [6.07, 6.45) is 6.41. The van der Waals surface area contributed by atoms with Crippen molar-refractivity contribution in [2.45, 2.75) is 82.2 Å². The van der Waals surface area contributed by atoms with Gasteiger partial charge in [0.1, 0.15) is 11.7 Å². The lowest BCUT2D eigenvalue weighted by Gasteiger charge is -2.28. The van der Waals surface area contributed by atoms with Gasteiger partial charge >= 0.3 is 11.8 Å². The molecule has 42 heavy (non-hydrogen) atoms. The number of benzene rings is 1. The molecule has 8 nitrogen and oxygen atoms in total. The lowest BCUT2D eigenvalue weighted by molar-refractivity contribution is -0.172. The molecule has 3 fully saturated rings. The zero-order valence-electron chi connectivity index (χ0n) is 23.6.